The number of thiazole rings is 1. The molecule has 3 rings (SSSR count). The van der Waals surface area contributed by atoms with E-state index in [0.29, 0.717) is 37.1 Å². The molecule has 0 bridgehead atoms. The van der Waals surface area contributed by atoms with Crippen molar-refractivity contribution < 1.29 is 22.6 Å². The lowest BCUT2D eigenvalue weighted by molar-refractivity contribution is -0.0461. The third kappa shape index (κ3) is 2.45. The fraction of sp³-hybridized carbons (Fsp3) is 0.417. The SMILES string of the molecule is Fc1cc(F)c2sc(CCC3OCCO3)nc2c1F. The smallest absolute Gasteiger partial charge is 0.186 e. The first-order valence-corrected chi connectivity index (χ1v) is 6.63. The van der Waals surface area contributed by atoms with Crippen LogP contribution in [-0.4, -0.2) is 24.5 Å². The Balaban J connectivity index is 1.84. The minimum Gasteiger partial charge on any atom is -0.350 e. The van der Waals surface area contributed by atoms with Gasteiger partial charge in [0.15, 0.2) is 17.9 Å². The van der Waals surface area contributed by atoms with Crippen molar-refractivity contribution in [3.05, 3.63) is 28.5 Å². The van der Waals surface area contributed by atoms with Crippen molar-refractivity contribution in [2.24, 2.45) is 0 Å². The van der Waals surface area contributed by atoms with Gasteiger partial charge in [-0.3, -0.25) is 0 Å². The highest BCUT2D eigenvalue weighted by atomic mass is 32.1. The fourth-order valence-electron chi connectivity index (χ4n) is 1.95. The number of rotatable bonds is 3. The molecule has 0 amide bonds. The van der Waals surface area contributed by atoms with Crippen LogP contribution in [0.4, 0.5) is 13.2 Å². The summed E-state index contributed by atoms with van der Waals surface area (Å²) in [6.45, 7) is 1.11. The van der Waals surface area contributed by atoms with Gasteiger partial charge in [-0.25, -0.2) is 18.2 Å². The second-order valence-corrected chi connectivity index (χ2v) is 5.23. The average molecular weight is 289 g/mol. The van der Waals surface area contributed by atoms with E-state index in [2.05, 4.69) is 4.98 Å². The molecule has 0 spiro atoms. The minimum atomic E-state index is -1.22. The zero-order chi connectivity index (χ0) is 13.4. The Morgan fingerprint density at radius 3 is 2.68 bits per heavy atom. The molecule has 0 N–H and O–H groups in total. The van der Waals surface area contributed by atoms with Gasteiger partial charge >= 0.3 is 0 Å². The van der Waals surface area contributed by atoms with Crippen molar-refractivity contribution in [1.29, 1.82) is 0 Å². The van der Waals surface area contributed by atoms with Gasteiger partial charge in [0.05, 0.1) is 22.9 Å². The molecule has 0 atom stereocenters. The lowest BCUT2D eigenvalue weighted by Gasteiger charge is -2.06. The molecule has 3 nitrogen and oxygen atoms in total. The first-order valence-electron chi connectivity index (χ1n) is 5.81. The largest absolute Gasteiger partial charge is 0.350 e. The normalized spacial score (nSPS) is 16.6. The van der Waals surface area contributed by atoms with E-state index in [9.17, 15) is 13.2 Å². The van der Waals surface area contributed by atoms with Gasteiger partial charge in [-0.15, -0.1) is 11.3 Å². The van der Waals surface area contributed by atoms with Crippen LogP contribution >= 0.6 is 11.3 Å². The first kappa shape index (κ1) is 12.8. The summed E-state index contributed by atoms with van der Waals surface area (Å²) in [5, 5.41) is 0.539. The van der Waals surface area contributed by atoms with Gasteiger partial charge in [-0.2, -0.15) is 0 Å². The van der Waals surface area contributed by atoms with E-state index in [-0.39, 0.29) is 16.5 Å². The van der Waals surface area contributed by atoms with Crippen LogP contribution in [0, 0.1) is 17.5 Å². The minimum absolute atomic E-state index is 0.0437. The van der Waals surface area contributed by atoms with Gasteiger partial charge in [0.1, 0.15) is 11.3 Å². The Morgan fingerprint density at radius 2 is 1.95 bits per heavy atom. The number of aryl methyl sites for hydroxylation is 1. The van der Waals surface area contributed by atoms with Crippen molar-refractivity contribution >= 4 is 21.6 Å². The van der Waals surface area contributed by atoms with Crippen LogP contribution in [0.5, 0.6) is 0 Å². The van der Waals surface area contributed by atoms with Crippen LogP contribution in [-0.2, 0) is 15.9 Å². The summed E-state index contributed by atoms with van der Waals surface area (Å²) < 4.78 is 50.6. The number of ether oxygens (including phenoxy) is 2. The topological polar surface area (TPSA) is 31.4 Å². The Kier molecular flexibility index (Phi) is 3.42. The highest BCUT2D eigenvalue weighted by Gasteiger charge is 2.19. The maximum atomic E-state index is 13.5. The van der Waals surface area contributed by atoms with Crippen molar-refractivity contribution in [3.8, 4) is 0 Å². The van der Waals surface area contributed by atoms with Gasteiger partial charge in [-0.1, -0.05) is 0 Å². The molecular formula is C12H10F3NO2S. The van der Waals surface area contributed by atoms with Gasteiger partial charge in [0, 0.05) is 18.9 Å². The quantitative estimate of drug-likeness (QED) is 0.814. The van der Waals surface area contributed by atoms with Crippen molar-refractivity contribution in [3.63, 3.8) is 0 Å². The van der Waals surface area contributed by atoms with Gasteiger partial charge in [0.2, 0.25) is 0 Å². The van der Waals surface area contributed by atoms with Crippen LogP contribution in [0.1, 0.15) is 11.4 Å². The molecule has 0 unspecified atom stereocenters. The molecule has 1 saturated heterocycles. The number of hydrogen-bond acceptors (Lipinski definition) is 4. The number of nitrogens with zero attached hydrogens (tertiary/aromatic N) is 1. The number of hydrogen-bond donors (Lipinski definition) is 0. The molecule has 1 aromatic heterocycles. The van der Waals surface area contributed by atoms with Gasteiger partial charge in [0.25, 0.3) is 0 Å². The van der Waals surface area contributed by atoms with Crippen LogP contribution in [0.15, 0.2) is 6.07 Å². The highest BCUT2D eigenvalue weighted by Crippen LogP contribution is 2.29. The Morgan fingerprint density at radius 1 is 1.21 bits per heavy atom. The van der Waals surface area contributed by atoms with Crippen LogP contribution in [0.2, 0.25) is 0 Å². The summed E-state index contributed by atoms with van der Waals surface area (Å²) in [5.74, 6) is -3.11. The number of fused-ring (bicyclic) bond motifs is 1. The van der Waals surface area contributed by atoms with E-state index in [0.717, 1.165) is 11.3 Å². The molecule has 0 saturated carbocycles. The zero-order valence-electron chi connectivity index (χ0n) is 9.79. The summed E-state index contributed by atoms with van der Waals surface area (Å²) in [7, 11) is 0. The van der Waals surface area contributed by atoms with E-state index in [1.165, 1.54) is 0 Å². The van der Waals surface area contributed by atoms with E-state index in [1.54, 1.807) is 0 Å². The Hall–Kier alpha value is -1.18. The molecule has 1 aromatic carbocycles. The third-order valence-electron chi connectivity index (χ3n) is 2.84. The molecule has 1 aliphatic rings. The maximum absolute atomic E-state index is 13.5. The number of halogens is 3. The van der Waals surface area contributed by atoms with Crippen LogP contribution < -0.4 is 0 Å². The van der Waals surface area contributed by atoms with E-state index < -0.39 is 17.5 Å². The second kappa shape index (κ2) is 5.07. The first-order chi connectivity index (χ1) is 9.15. The van der Waals surface area contributed by atoms with Gasteiger partial charge in [-0.05, 0) is 0 Å². The van der Waals surface area contributed by atoms with E-state index in [1.807, 2.05) is 0 Å². The highest BCUT2D eigenvalue weighted by molar-refractivity contribution is 7.18. The summed E-state index contributed by atoms with van der Waals surface area (Å²) in [5.41, 5.74) is -0.245. The summed E-state index contributed by atoms with van der Waals surface area (Å²) >= 11 is 1.03. The number of aromatic nitrogens is 1. The predicted molar refractivity (Wildman–Crippen MR) is 63.5 cm³/mol. The van der Waals surface area contributed by atoms with Gasteiger partial charge < -0.3 is 9.47 Å². The molecule has 1 fully saturated rings. The average Bonchev–Trinajstić information content (AvgIpc) is 3.03. The van der Waals surface area contributed by atoms with Crippen molar-refractivity contribution in [2.45, 2.75) is 19.1 Å². The molecule has 0 aliphatic carbocycles. The van der Waals surface area contributed by atoms with Crippen LogP contribution in [0.3, 0.4) is 0 Å². The molecule has 102 valence electrons. The van der Waals surface area contributed by atoms with Crippen molar-refractivity contribution in [1.82, 2.24) is 4.98 Å². The Bertz CT molecular complexity index is 611. The summed E-state index contributed by atoms with van der Waals surface area (Å²) in [6.07, 6.45) is 0.745. The Labute approximate surface area is 111 Å². The maximum Gasteiger partial charge on any atom is 0.186 e. The lowest BCUT2D eigenvalue weighted by Crippen LogP contribution is -2.08. The zero-order valence-corrected chi connectivity index (χ0v) is 10.6. The molecule has 1 aliphatic heterocycles. The van der Waals surface area contributed by atoms with E-state index >= 15 is 0 Å². The molecule has 19 heavy (non-hydrogen) atoms. The van der Waals surface area contributed by atoms with Crippen molar-refractivity contribution in [2.75, 3.05) is 13.2 Å². The molecular weight excluding hydrogens is 279 g/mol. The van der Waals surface area contributed by atoms with Crippen LogP contribution in [0.25, 0.3) is 10.2 Å². The van der Waals surface area contributed by atoms with E-state index in [4.69, 9.17) is 9.47 Å². The molecule has 7 heteroatoms. The standard InChI is InChI=1S/C12H10F3NO2S/c13-6-5-7(14)12-11(10(6)15)16-8(19-12)1-2-9-17-3-4-18-9/h5,9H,1-4H2. The number of benzene rings is 1. The molecule has 2 aromatic rings. The summed E-state index contributed by atoms with van der Waals surface area (Å²) in [4.78, 5) is 3.95. The summed E-state index contributed by atoms with van der Waals surface area (Å²) in [6, 6.07) is 0.544. The molecule has 0 radical (unpaired) electrons. The second-order valence-electron chi connectivity index (χ2n) is 4.15. The predicted octanol–water partition coefficient (Wildman–Crippen LogP) is 3.02. The lowest BCUT2D eigenvalue weighted by atomic mass is 10.3. The monoisotopic (exact) mass is 289 g/mol. The third-order valence-corrected chi connectivity index (χ3v) is 3.97. The fourth-order valence-corrected chi connectivity index (χ4v) is 2.93. The molecule has 2 heterocycles.